The standard InChI is InChI=1S/C12H11ClN2O3/c1-2-18-12(17)10-7-14-15(11(10)16)9-5-3-8(13)4-6-9/h3-7,10H,2H2,1H3. The zero-order chi connectivity index (χ0) is 13.1. The number of esters is 1. The molecule has 0 aliphatic carbocycles. The van der Waals surface area contributed by atoms with Crippen molar-refractivity contribution in [3.63, 3.8) is 0 Å². The molecule has 0 fully saturated rings. The molecule has 5 nitrogen and oxygen atoms in total. The molecular weight excluding hydrogens is 256 g/mol. The summed E-state index contributed by atoms with van der Waals surface area (Å²) < 4.78 is 4.80. The molecule has 1 unspecified atom stereocenters. The molecule has 1 aliphatic heterocycles. The third-order valence-corrected chi connectivity index (χ3v) is 2.67. The van der Waals surface area contributed by atoms with Gasteiger partial charge >= 0.3 is 5.97 Å². The largest absolute Gasteiger partial charge is 0.465 e. The number of benzene rings is 1. The Morgan fingerprint density at radius 2 is 2.11 bits per heavy atom. The van der Waals surface area contributed by atoms with E-state index in [4.69, 9.17) is 16.3 Å². The Labute approximate surface area is 109 Å². The van der Waals surface area contributed by atoms with Gasteiger partial charge in [0, 0.05) is 11.2 Å². The number of hydrogen-bond donors (Lipinski definition) is 0. The van der Waals surface area contributed by atoms with Gasteiger partial charge in [-0.15, -0.1) is 0 Å². The van der Waals surface area contributed by atoms with Crippen molar-refractivity contribution in [3.8, 4) is 0 Å². The fourth-order valence-electron chi connectivity index (χ4n) is 1.56. The summed E-state index contributed by atoms with van der Waals surface area (Å²) in [6, 6.07) is 6.62. The highest BCUT2D eigenvalue weighted by molar-refractivity contribution is 6.30. The van der Waals surface area contributed by atoms with Gasteiger partial charge in [0.1, 0.15) is 0 Å². The summed E-state index contributed by atoms with van der Waals surface area (Å²) in [7, 11) is 0. The second kappa shape index (κ2) is 5.18. The molecule has 1 amide bonds. The maximum absolute atomic E-state index is 12.0. The number of anilines is 1. The van der Waals surface area contributed by atoms with Crippen LogP contribution in [-0.2, 0) is 14.3 Å². The van der Waals surface area contributed by atoms with Crippen LogP contribution in [0.4, 0.5) is 5.69 Å². The van der Waals surface area contributed by atoms with Gasteiger partial charge in [-0.25, -0.2) is 0 Å². The van der Waals surface area contributed by atoms with Crippen LogP contribution >= 0.6 is 11.6 Å². The van der Waals surface area contributed by atoms with Gasteiger partial charge in [0.15, 0.2) is 5.92 Å². The minimum Gasteiger partial charge on any atom is -0.465 e. The molecule has 0 aromatic heterocycles. The Bertz CT molecular complexity index is 499. The van der Waals surface area contributed by atoms with Crippen LogP contribution in [0.25, 0.3) is 0 Å². The lowest BCUT2D eigenvalue weighted by Crippen LogP contribution is -2.32. The van der Waals surface area contributed by atoms with Gasteiger partial charge in [-0.2, -0.15) is 10.1 Å². The fraction of sp³-hybridized carbons (Fsp3) is 0.250. The molecule has 1 aromatic carbocycles. The highest BCUT2D eigenvalue weighted by Gasteiger charge is 2.36. The van der Waals surface area contributed by atoms with Crippen LogP contribution in [0.1, 0.15) is 6.92 Å². The van der Waals surface area contributed by atoms with Crippen molar-refractivity contribution in [1.29, 1.82) is 0 Å². The van der Waals surface area contributed by atoms with Crippen molar-refractivity contribution in [3.05, 3.63) is 29.3 Å². The Balaban J connectivity index is 2.15. The first kappa shape index (κ1) is 12.6. The summed E-state index contributed by atoms with van der Waals surface area (Å²) in [6.45, 7) is 1.92. The number of nitrogens with zero attached hydrogens (tertiary/aromatic N) is 2. The van der Waals surface area contributed by atoms with Crippen LogP contribution in [-0.4, -0.2) is 24.7 Å². The van der Waals surface area contributed by atoms with Crippen LogP contribution in [0.3, 0.4) is 0 Å². The van der Waals surface area contributed by atoms with E-state index in [1.807, 2.05) is 0 Å². The van der Waals surface area contributed by atoms with Gasteiger partial charge in [-0.1, -0.05) is 11.6 Å². The lowest BCUT2D eigenvalue weighted by atomic mass is 10.1. The first-order valence-corrected chi connectivity index (χ1v) is 5.81. The van der Waals surface area contributed by atoms with Crippen molar-refractivity contribution in [1.82, 2.24) is 0 Å². The fourth-order valence-corrected chi connectivity index (χ4v) is 1.68. The van der Waals surface area contributed by atoms with Crippen LogP contribution in [0, 0.1) is 5.92 Å². The van der Waals surface area contributed by atoms with Gasteiger partial charge in [0.05, 0.1) is 12.3 Å². The molecule has 0 N–H and O–H groups in total. The smallest absolute Gasteiger partial charge is 0.324 e. The number of ether oxygens (including phenoxy) is 1. The SMILES string of the molecule is CCOC(=O)C1C=NN(c2ccc(Cl)cc2)C1=O. The van der Waals surface area contributed by atoms with E-state index >= 15 is 0 Å². The summed E-state index contributed by atoms with van der Waals surface area (Å²) in [5, 5.41) is 5.65. The number of carbonyl (C=O) groups is 2. The number of carbonyl (C=O) groups excluding carboxylic acids is 2. The number of amides is 1. The van der Waals surface area contributed by atoms with E-state index in [0.717, 1.165) is 5.01 Å². The van der Waals surface area contributed by atoms with Crippen molar-refractivity contribution in [2.45, 2.75) is 6.92 Å². The van der Waals surface area contributed by atoms with Crippen LogP contribution in [0.15, 0.2) is 29.4 Å². The molecule has 0 spiro atoms. The third-order valence-electron chi connectivity index (χ3n) is 2.42. The van der Waals surface area contributed by atoms with Crippen molar-refractivity contribution in [2.24, 2.45) is 11.0 Å². The van der Waals surface area contributed by atoms with Crippen molar-refractivity contribution < 1.29 is 14.3 Å². The molecule has 1 aromatic rings. The molecule has 0 saturated heterocycles. The van der Waals surface area contributed by atoms with Crippen molar-refractivity contribution in [2.75, 3.05) is 11.6 Å². The van der Waals surface area contributed by atoms with E-state index in [1.165, 1.54) is 6.21 Å². The van der Waals surface area contributed by atoms with E-state index in [1.54, 1.807) is 31.2 Å². The average Bonchev–Trinajstić information content (AvgIpc) is 2.73. The monoisotopic (exact) mass is 266 g/mol. The van der Waals surface area contributed by atoms with Gasteiger partial charge in [-0.05, 0) is 31.2 Å². The Morgan fingerprint density at radius 3 is 2.72 bits per heavy atom. The topological polar surface area (TPSA) is 59.0 Å². The number of halogens is 1. The minimum absolute atomic E-state index is 0.234. The summed E-state index contributed by atoms with van der Waals surface area (Å²) in [4.78, 5) is 23.5. The highest BCUT2D eigenvalue weighted by atomic mass is 35.5. The van der Waals surface area contributed by atoms with Gasteiger partial charge in [0.25, 0.3) is 5.91 Å². The maximum atomic E-state index is 12.0. The van der Waals surface area contributed by atoms with Gasteiger partial charge in [0.2, 0.25) is 0 Å². The normalized spacial score (nSPS) is 18.2. The second-order valence-corrected chi connectivity index (χ2v) is 4.06. The third kappa shape index (κ3) is 2.36. The quantitative estimate of drug-likeness (QED) is 0.620. The predicted molar refractivity (Wildman–Crippen MR) is 67.6 cm³/mol. The van der Waals surface area contributed by atoms with Crippen LogP contribution in [0.2, 0.25) is 5.02 Å². The predicted octanol–water partition coefficient (Wildman–Crippen LogP) is 1.85. The molecule has 1 heterocycles. The highest BCUT2D eigenvalue weighted by Crippen LogP contribution is 2.23. The van der Waals surface area contributed by atoms with E-state index in [2.05, 4.69) is 5.10 Å². The first-order chi connectivity index (χ1) is 8.63. The number of hydrazone groups is 1. The van der Waals surface area contributed by atoms with Gasteiger partial charge < -0.3 is 4.74 Å². The molecule has 94 valence electrons. The molecule has 1 aliphatic rings. The second-order valence-electron chi connectivity index (χ2n) is 3.62. The molecule has 1 atom stereocenters. The lowest BCUT2D eigenvalue weighted by Gasteiger charge is -2.13. The number of hydrogen-bond acceptors (Lipinski definition) is 4. The van der Waals surface area contributed by atoms with E-state index < -0.39 is 17.8 Å². The molecule has 2 rings (SSSR count). The molecule has 0 radical (unpaired) electrons. The lowest BCUT2D eigenvalue weighted by molar-refractivity contribution is -0.147. The summed E-state index contributed by atoms with van der Waals surface area (Å²) >= 11 is 5.76. The van der Waals surface area contributed by atoms with E-state index in [0.29, 0.717) is 10.7 Å². The number of rotatable bonds is 3. The van der Waals surface area contributed by atoms with Crippen LogP contribution < -0.4 is 5.01 Å². The van der Waals surface area contributed by atoms with Crippen LogP contribution in [0.5, 0.6) is 0 Å². The van der Waals surface area contributed by atoms with E-state index in [-0.39, 0.29) is 6.61 Å². The zero-order valence-electron chi connectivity index (χ0n) is 9.67. The Morgan fingerprint density at radius 1 is 1.44 bits per heavy atom. The summed E-state index contributed by atoms with van der Waals surface area (Å²) in [6.07, 6.45) is 1.29. The van der Waals surface area contributed by atoms with Gasteiger partial charge in [-0.3, -0.25) is 9.59 Å². The van der Waals surface area contributed by atoms with E-state index in [9.17, 15) is 9.59 Å². The molecule has 0 saturated carbocycles. The average molecular weight is 267 g/mol. The Hall–Kier alpha value is -1.88. The first-order valence-electron chi connectivity index (χ1n) is 5.43. The molecule has 0 bridgehead atoms. The molecule has 6 heteroatoms. The summed E-state index contributed by atoms with van der Waals surface area (Å²) in [5.74, 6) is -1.96. The van der Waals surface area contributed by atoms with Crippen molar-refractivity contribution >= 4 is 35.4 Å². The summed E-state index contributed by atoms with van der Waals surface area (Å²) in [5.41, 5.74) is 0.562. The molecule has 18 heavy (non-hydrogen) atoms. The zero-order valence-corrected chi connectivity index (χ0v) is 10.4. The minimum atomic E-state index is -0.958. The Kier molecular flexibility index (Phi) is 3.62. The maximum Gasteiger partial charge on any atom is 0.324 e. The molecular formula is C12H11ClN2O3.